The second-order valence-corrected chi connectivity index (χ2v) is 5.49. The molecule has 2 aromatic carbocycles. The van der Waals surface area contributed by atoms with E-state index in [9.17, 15) is 0 Å². The molecule has 0 aliphatic heterocycles. The number of rotatable bonds is 1. The van der Waals surface area contributed by atoms with Gasteiger partial charge in [-0.25, -0.2) is 4.57 Å². The lowest BCUT2D eigenvalue weighted by molar-refractivity contribution is -0.662. The van der Waals surface area contributed by atoms with Crippen LogP contribution in [0.25, 0.3) is 22.2 Å². The molecule has 20 heavy (non-hydrogen) atoms. The largest absolute Gasteiger partial charge is 0.287 e. The van der Waals surface area contributed by atoms with Crippen LogP contribution in [0.2, 0.25) is 0 Å². The van der Waals surface area contributed by atoms with Gasteiger partial charge in [-0.2, -0.15) is 0 Å². The fourth-order valence-electron chi connectivity index (χ4n) is 2.74. The quantitative estimate of drug-likeness (QED) is 0.612. The Kier molecular flexibility index (Phi) is 3.01. The molecule has 0 bridgehead atoms. The van der Waals surface area contributed by atoms with E-state index in [1.807, 2.05) is 6.33 Å². The monoisotopic (exact) mass is 263 g/mol. The van der Waals surface area contributed by atoms with E-state index < -0.39 is 0 Å². The van der Waals surface area contributed by atoms with E-state index in [4.69, 9.17) is 0 Å². The van der Waals surface area contributed by atoms with Crippen molar-refractivity contribution in [3.63, 3.8) is 0 Å². The summed E-state index contributed by atoms with van der Waals surface area (Å²) in [6.45, 7) is 6.41. The molecule has 1 aromatic heterocycles. The fourth-order valence-corrected chi connectivity index (χ4v) is 2.74. The first-order valence-electron chi connectivity index (χ1n) is 6.89. The van der Waals surface area contributed by atoms with Crippen molar-refractivity contribution in [1.82, 2.24) is 4.98 Å². The standard InChI is InChI=1S/C18H19N2/c1-12-8-9-13(2)16(10-12)18-15-7-5-6-14(3)17(15)19-11-20(18)4/h5-11H,1-4H3/q+1. The van der Waals surface area contributed by atoms with Gasteiger partial charge in [-0.3, -0.25) is 0 Å². The summed E-state index contributed by atoms with van der Waals surface area (Å²) in [5.41, 5.74) is 7.39. The van der Waals surface area contributed by atoms with Gasteiger partial charge in [-0.15, -0.1) is 0 Å². The van der Waals surface area contributed by atoms with Gasteiger partial charge in [-0.1, -0.05) is 29.8 Å². The van der Waals surface area contributed by atoms with Gasteiger partial charge in [0.05, 0.1) is 12.4 Å². The maximum Gasteiger partial charge on any atom is 0.287 e. The normalized spacial score (nSPS) is 11.0. The summed E-state index contributed by atoms with van der Waals surface area (Å²) >= 11 is 0. The number of benzene rings is 2. The molecule has 0 amide bonds. The molecule has 0 radical (unpaired) electrons. The third kappa shape index (κ3) is 1.97. The minimum atomic E-state index is 1.08. The van der Waals surface area contributed by atoms with Crippen LogP contribution in [0.3, 0.4) is 0 Å². The predicted octanol–water partition coefficient (Wildman–Crippen LogP) is 3.65. The highest BCUT2D eigenvalue weighted by molar-refractivity contribution is 5.92. The zero-order valence-electron chi connectivity index (χ0n) is 12.4. The van der Waals surface area contributed by atoms with E-state index in [1.54, 1.807) is 0 Å². The molecule has 2 nitrogen and oxygen atoms in total. The summed E-state index contributed by atoms with van der Waals surface area (Å²) in [6.07, 6.45) is 1.91. The highest BCUT2D eigenvalue weighted by Gasteiger charge is 2.17. The molecular formula is C18H19N2+. The van der Waals surface area contributed by atoms with Crippen LogP contribution in [0.5, 0.6) is 0 Å². The topological polar surface area (TPSA) is 16.8 Å². The predicted molar refractivity (Wildman–Crippen MR) is 82.6 cm³/mol. The van der Waals surface area contributed by atoms with Crippen molar-refractivity contribution in [3.8, 4) is 11.3 Å². The Balaban J connectivity index is 2.44. The number of fused-ring (bicyclic) bond motifs is 1. The molecule has 3 aromatic rings. The molecule has 0 fully saturated rings. The van der Waals surface area contributed by atoms with E-state index >= 15 is 0 Å². The molecule has 0 saturated heterocycles. The summed E-state index contributed by atoms with van der Waals surface area (Å²) in [4.78, 5) is 4.58. The van der Waals surface area contributed by atoms with Crippen LogP contribution in [0.4, 0.5) is 0 Å². The molecule has 0 N–H and O–H groups in total. The third-order valence-electron chi connectivity index (χ3n) is 3.85. The number of para-hydroxylation sites is 1. The van der Waals surface area contributed by atoms with Crippen LogP contribution in [0.15, 0.2) is 42.7 Å². The van der Waals surface area contributed by atoms with E-state index in [0.29, 0.717) is 0 Å². The van der Waals surface area contributed by atoms with Gasteiger partial charge in [0, 0.05) is 11.1 Å². The number of hydrogen-bond donors (Lipinski definition) is 0. The summed E-state index contributed by atoms with van der Waals surface area (Å²) < 4.78 is 2.11. The van der Waals surface area contributed by atoms with Crippen molar-refractivity contribution in [2.75, 3.05) is 0 Å². The summed E-state index contributed by atoms with van der Waals surface area (Å²) in [5, 5.41) is 1.21. The van der Waals surface area contributed by atoms with Crippen molar-refractivity contribution in [2.45, 2.75) is 20.8 Å². The Labute approximate surface area is 119 Å². The maximum atomic E-state index is 4.58. The molecule has 0 saturated carbocycles. The molecule has 0 unspecified atom stereocenters. The Hall–Kier alpha value is -2.22. The van der Waals surface area contributed by atoms with E-state index in [2.05, 4.69) is 73.8 Å². The molecule has 100 valence electrons. The molecular weight excluding hydrogens is 244 g/mol. The second-order valence-electron chi connectivity index (χ2n) is 5.49. The molecule has 2 heteroatoms. The Morgan fingerprint density at radius 3 is 2.55 bits per heavy atom. The minimum absolute atomic E-state index is 1.08. The lowest BCUT2D eigenvalue weighted by Gasteiger charge is -2.10. The molecule has 0 aliphatic rings. The van der Waals surface area contributed by atoms with Crippen LogP contribution in [-0.4, -0.2) is 4.98 Å². The van der Waals surface area contributed by atoms with Gasteiger partial charge in [0.2, 0.25) is 0 Å². The zero-order valence-corrected chi connectivity index (χ0v) is 12.4. The molecule has 3 rings (SSSR count). The van der Waals surface area contributed by atoms with Crippen molar-refractivity contribution in [1.29, 1.82) is 0 Å². The first-order valence-corrected chi connectivity index (χ1v) is 6.89. The van der Waals surface area contributed by atoms with Crippen molar-refractivity contribution in [3.05, 3.63) is 59.4 Å². The van der Waals surface area contributed by atoms with Gasteiger partial charge in [0.15, 0.2) is 5.52 Å². The molecule has 0 aliphatic carbocycles. The van der Waals surface area contributed by atoms with Crippen LogP contribution in [0, 0.1) is 20.8 Å². The van der Waals surface area contributed by atoms with Crippen molar-refractivity contribution in [2.24, 2.45) is 7.05 Å². The van der Waals surface area contributed by atoms with E-state index in [0.717, 1.165) is 5.52 Å². The number of aryl methyl sites for hydroxylation is 4. The lowest BCUT2D eigenvalue weighted by atomic mass is 9.98. The highest BCUT2D eigenvalue weighted by atomic mass is 15.0. The average Bonchev–Trinajstić information content (AvgIpc) is 2.42. The second kappa shape index (κ2) is 4.71. The number of nitrogens with zero attached hydrogens (tertiary/aromatic N) is 2. The first-order chi connectivity index (χ1) is 9.58. The van der Waals surface area contributed by atoms with E-state index in [-0.39, 0.29) is 0 Å². The SMILES string of the molecule is Cc1ccc(C)c(-c2c3cccc(C)c3nc[n+]2C)c1. The van der Waals surface area contributed by atoms with Crippen molar-refractivity contribution < 1.29 is 4.57 Å². The third-order valence-corrected chi connectivity index (χ3v) is 3.85. The molecule has 1 heterocycles. The summed E-state index contributed by atoms with van der Waals surface area (Å²) in [7, 11) is 2.06. The van der Waals surface area contributed by atoms with Crippen LogP contribution in [-0.2, 0) is 7.05 Å². The Morgan fingerprint density at radius 1 is 0.950 bits per heavy atom. The van der Waals surface area contributed by atoms with Crippen LogP contribution >= 0.6 is 0 Å². The van der Waals surface area contributed by atoms with Gasteiger partial charge in [-0.05, 0) is 43.5 Å². The van der Waals surface area contributed by atoms with Gasteiger partial charge in [0.25, 0.3) is 6.33 Å². The number of aromatic nitrogens is 2. The fraction of sp³-hybridized carbons (Fsp3) is 0.222. The van der Waals surface area contributed by atoms with Gasteiger partial charge < -0.3 is 0 Å². The molecule has 0 spiro atoms. The van der Waals surface area contributed by atoms with Gasteiger partial charge in [0.1, 0.15) is 5.69 Å². The summed E-state index contributed by atoms with van der Waals surface area (Å²) in [5.74, 6) is 0. The molecule has 0 atom stereocenters. The van der Waals surface area contributed by atoms with Crippen LogP contribution < -0.4 is 4.57 Å². The minimum Gasteiger partial charge on any atom is -0.232 e. The average molecular weight is 263 g/mol. The smallest absolute Gasteiger partial charge is 0.232 e. The van der Waals surface area contributed by atoms with Crippen molar-refractivity contribution >= 4 is 10.9 Å². The van der Waals surface area contributed by atoms with E-state index in [1.165, 1.54) is 33.3 Å². The lowest BCUT2D eigenvalue weighted by Crippen LogP contribution is -2.32. The summed E-state index contributed by atoms with van der Waals surface area (Å²) in [6, 6.07) is 13.0. The Bertz CT molecular complexity index is 804. The Morgan fingerprint density at radius 2 is 1.75 bits per heavy atom. The maximum absolute atomic E-state index is 4.58. The zero-order chi connectivity index (χ0) is 14.3. The van der Waals surface area contributed by atoms with Gasteiger partial charge >= 0.3 is 0 Å². The first kappa shape index (κ1) is 12.8. The number of hydrogen-bond acceptors (Lipinski definition) is 1. The van der Waals surface area contributed by atoms with Crippen LogP contribution in [0.1, 0.15) is 16.7 Å². The highest BCUT2D eigenvalue weighted by Crippen LogP contribution is 2.28.